The number of hydrogen-bond donors (Lipinski definition) is 1. The number of carbonyl (C=O) groups excluding carboxylic acids is 2. The number of pyridine rings is 1. The zero-order valence-corrected chi connectivity index (χ0v) is 14.9. The lowest BCUT2D eigenvalue weighted by atomic mass is 10.0. The van der Waals surface area contributed by atoms with Gasteiger partial charge in [-0.15, -0.1) is 0 Å². The molecule has 1 aliphatic carbocycles. The maximum Gasteiger partial charge on any atom is 0.259 e. The summed E-state index contributed by atoms with van der Waals surface area (Å²) in [6.07, 6.45) is 7.71. The molecule has 0 bridgehead atoms. The fourth-order valence-corrected chi connectivity index (χ4v) is 3.87. The van der Waals surface area contributed by atoms with Gasteiger partial charge in [-0.1, -0.05) is 12.8 Å². The van der Waals surface area contributed by atoms with Crippen molar-refractivity contribution >= 4 is 11.8 Å². The van der Waals surface area contributed by atoms with Crippen LogP contribution in [0.2, 0.25) is 0 Å². The number of aromatic nitrogens is 1. The number of aromatic amines is 1. The van der Waals surface area contributed by atoms with Gasteiger partial charge in [-0.3, -0.25) is 14.4 Å². The molecule has 2 fully saturated rings. The first-order chi connectivity index (χ1) is 12.0. The van der Waals surface area contributed by atoms with Gasteiger partial charge in [0.1, 0.15) is 5.56 Å². The minimum atomic E-state index is -0.250. The number of nitrogens with one attached hydrogen (secondary N) is 1. The second-order valence-electron chi connectivity index (χ2n) is 7.28. The predicted molar refractivity (Wildman–Crippen MR) is 95.5 cm³/mol. The summed E-state index contributed by atoms with van der Waals surface area (Å²) in [4.78, 5) is 43.7. The normalized spacial score (nSPS) is 19.1. The van der Waals surface area contributed by atoms with Gasteiger partial charge in [0.25, 0.3) is 5.91 Å². The largest absolute Gasteiger partial charge is 0.364 e. The second-order valence-corrected chi connectivity index (χ2v) is 7.28. The van der Waals surface area contributed by atoms with E-state index in [0.29, 0.717) is 38.5 Å². The Kier molecular flexibility index (Phi) is 5.56. The van der Waals surface area contributed by atoms with Crippen LogP contribution < -0.4 is 5.43 Å². The lowest BCUT2D eigenvalue weighted by Crippen LogP contribution is -2.39. The van der Waals surface area contributed by atoms with Crippen molar-refractivity contribution in [3.8, 4) is 0 Å². The molecule has 6 heteroatoms. The van der Waals surface area contributed by atoms with Crippen molar-refractivity contribution in [2.75, 3.05) is 26.2 Å². The smallest absolute Gasteiger partial charge is 0.259 e. The van der Waals surface area contributed by atoms with E-state index >= 15 is 0 Å². The van der Waals surface area contributed by atoms with Crippen LogP contribution in [0.5, 0.6) is 0 Å². The van der Waals surface area contributed by atoms with Crippen LogP contribution in [0.1, 0.15) is 54.6 Å². The van der Waals surface area contributed by atoms with Crippen molar-refractivity contribution in [2.24, 2.45) is 5.92 Å². The summed E-state index contributed by atoms with van der Waals surface area (Å²) in [5, 5.41) is 0. The van der Waals surface area contributed by atoms with Crippen molar-refractivity contribution in [3.05, 3.63) is 33.7 Å². The highest BCUT2D eigenvalue weighted by Gasteiger charge is 2.26. The third-order valence-corrected chi connectivity index (χ3v) is 5.36. The predicted octanol–water partition coefficient (Wildman–Crippen LogP) is 1.94. The molecule has 0 unspecified atom stereocenters. The summed E-state index contributed by atoms with van der Waals surface area (Å²) in [6.45, 7) is 4.11. The van der Waals surface area contributed by atoms with E-state index < -0.39 is 0 Å². The average molecular weight is 345 g/mol. The summed E-state index contributed by atoms with van der Waals surface area (Å²) < 4.78 is 0. The van der Waals surface area contributed by atoms with Crippen LogP contribution in [0.4, 0.5) is 0 Å². The summed E-state index contributed by atoms with van der Waals surface area (Å²) in [5.74, 6) is 0.514. The molecule has 1 aliphatic heterocycles. The van der Waals surface area contributed by atoms with Gasteiger partial charge in [0.15, 0.2) is 5.43 Å². The maximum atomic E-state index is 12.6. The Morgan fingerprint density at radius 1 is 1.08 bits per heavy atom. The van der Waals surface area contributed by atoms with E-state index in [-0.39, 0.29) is 22.8 Å². The van der Waals surface area contributed by atoms with Crippen molar-refractivity contribution < 1.29 is 9.59 Å². The number of hydrogen-bond acceptors (Lipinski definition) is 3. The number of rotatable bonds is 3. The lowest BCUT2D eigenvalue weighted by Gasteiger charge is -2.23. The zero-order chi connectivity index (χ0) is 17.8. The fraction of sp³-hybridized carbons (Fsp3) is 0.632. The summed E-state index contributed by atoms with van der Waals surface area (Å²) >= 11 is 0. The lowest BCUT2D eigenvalue weighted by molar-refractivity contribution is -0.132. The summed E-state index contributed by atoms with van der Waals surface area (Å²) in [7, 11) is 0. The van der Waals surface area contributed by atoms with Crippen molar-refractivity contribution in [1.29, 1.82) is 0 Å². The van der Waals surface area contributed by atoms with E-state index in [1.54, 1.807) is 11.8 Å². The summed E-state index contributed by atoms with van der Waals surface area (Å²) in [5.41, 5.74) is 0.664. The van der Waals surface area contributed by atoms with E-state index in [1.807, 2.05) is 4.90 Å². The monoisotopic (exact) mass is 345 g/mol. The molecular formula is C19H27N3O3. The molecule has 6 nitrogen and oxygen atoms in total. The number of aryl methyl sites for hydroxylation is 1. The number of H-pyrrole nitrogens is 1. The van der Waals surface area contributed by atoms with Crippen LogP contribution in [-0.2, 0) is 4.79 Å². The van der Waals surface area contributed by atoms with Crippen LogP contribution in [0.25, 0.3) is 0 Å². The van der Waals surface area contributed by atoms with Crippen molar-refractivity contribution in [3.63, 3.8) is 0 Å². The second kappa shape index (κ2) is 7.85. The van der Waals surface area contributed by atoms with Gasteiger partial charge in [-0.2, -0.15) is 0 Å². The van der Waals surface area contributed by atoms with Crippen molar-refractivity contribution in [2.45, 2.75) is 45.4 Å². The molecule has 0 spiro atoms. The maximum absolute atomic E-state index is 12.6. The number of carbonyl (C=O) groups is 2. The molecule has 136 valence electrons. The fourth-order valence-electron chi connectivity index (χ4n) is 3.87. The first kappa shape index (κ1) is 17.7. The molecule has 1 N–H and O–H groups in total. The number of nitrogens with zero attached hydrogens (tertiary/aromatic N) is 2. The van der Waals surface area contributed by atoms with Crippen LogP contribution >= 0.6 is 0 Å². The van der Waals surface area contributed by atoms with Crippen molar-refractivity contribution in [1.82, 2.24) is 14.8 Å². The van der Waals surface area contributed by atoms with Gasteiger partial charge < -0.3 is 14.8 Å². The van der Waals surface area contributed by atoms with Gasteiger partial charge in [0.2, 0.25) is 5.91 Å². The summed E-state index contributed by atoms with van der Waals surface area (Å²) in [6, 6.07) is 1.45. The molecule has 2 heterocycles. The molecular weight excluding hydrogens is 318 g/mol. The Bertz CT molecular complexity index is 691. The van der Waals surface area contributed by atoms with Gasteiger partial charge in [-0.25, -0.2) is 0 Å². The first-order valence-corrected chi connectivity index (χ1v) is 9.31. The Balaban J connectivity index is 1.59. The highest BCUT2D eigenvalue weighted by molar-refractivity contribution is 5.93. The first-order valence-electron chi connectivity index (χ1n) is 9.31. The third kappa shape index (κ3) is 4.30. The van der Waals surface area contributed by atoms with E-state index in [9.17, 15) is 14.4 Å². The Morgan fingerprint density at radius 2 is 1.76 bits per heavy atom. The minimum absolute atomic E-state index is 0.177. The molecule has 25 heavy (non-hydrogen) atoms. The Morgan fingerprint density at radius 3 is 2.48 bits per heavy atom. The molecule has 1 saturated carbocycles. The van der Waals surface area contributed by atoms with E-state index in [0.717, 1.165) is 12.1 Å². The molecule has 1 saturated heterocycles. The molecule has 2 aliphatic rings. The average Bonchev–Trinajstić information content (AvgIpc) is 2.95. The van der Waals surface area contributed by atoms with Gasteiger partial charge >= 0.3 is 0 Å². The van der Waals surface area contributed by atoms with E-state index in [4.69, 9.17) is 0 Å². The third-order valence-electron chi connectivity index (χ3n) is 5.36. The minimum Gasteiger partial charge on any atom is -0.364 e. The van der Waals surface area contributed by atoms with E-state index in [1.165, 1.54) is 37.9 Å². The molecule has 0 radical (unpaired) electrons. The highest BCUT2D eigenvalue weighted by Crippen LogP contribution is 2.28. The van der Waals surface area contributed by atoms with Crippen LogP contribution in [0, 0.1) is 12.8 Å². The van der Waals surface area contributed by atoms with E-state index in [2.05, 4.69) is 4.98 Å². The number of amides is 2. The molecule has 1 aromatic heterocycles. The molecule has 3 rings (SSSR count). The zero-order valence-electron chi connectivity index (χ0n) is 14.9. The van der Waals surface area contributed by atoms with Crippen LogP contribution in [0.15, 0.2) is 17.1 Å². The molecule has 2 amide bonds. The topological polar surface area (TPSA) is 73.5 Å². The van der Waals surface area contributed by atoms with Crippen LogP contribution in [0.3, 0.4) is 0 Å². The Labute approximate surface area is 148 Å². The SMILES string of the molecule is Cc1cc(=O)c(C(=O)N2CCCN(C(=O)CC3CCCC3)CC2)c[nH]1. The highest BCUT2D eigenvalue weighted by atomic mass is 16.2. The molecule has 0 atom stereocenters. The Hall–Kier alpha value is -2.11. The quantitative estimate of drug-likeness (QED) is 0.910. The van der Waals surface area contributed by atoms with Gasteiger partial charge in [0, 0.05) is 50.6 Å². The van der Waals surface area contributed by atoms with Gasteiger partial charge in [-0.05, 0) is 32.1 Å². The molecule has 1 aromatic rings. The standard InChI is InChI=1S/C19H27N3O3/c1-14-11-17(23)16(13-20-14)19(25)22-8-4-7-21(9-10-22)18(24)12-15-5-2-3-6-15/h11,13,15H,2-10,12H2,1H3,(H,20,23). The molecule has 0 aromatic carbocycles. The van der Waals surface area contributed by atoms with Crippen LogP contribution in [-0.4, -0.2) is 52.8 Å². The van der Waals surface area contributed by atoms with Gasteiger partial charge in [0.05, 0.1) is 0 Å².